The zero-order chi connectivity index (χ0) is 18.7. The van der Waals surface area contributed by atoms with E-state index < -0.39 is 5.60 Å². The maximum atomic E-state index is 12.3. The molecule has 3 heterocycles. The van der Waals surface area contributed by atoms with E-state index in [0.29, 0.717) is 36.2 Å². The van der Waals surface area contributed by atoms with Crippen molar-refractivity contribution in [3.8, 4) is 11.3 Å². The Balaban J connectivity index is 0.00000261. The first-order chi connectivity index (χ1) is 12.4. The highest BCUT2D eigenvalue weighted by atomic mass is 16.5. The largest absolute Gasteiger partial charge is 0.385 e. The number of pyridine rings is 1. The molecular weight excluding hydrogens is 334 g/mol. The quantitative estimate of drug-likeness (QED) is 0.759. The second-order valence-corrected chi connectivity index (χ2v) is 6.66. The number of fused-ring (bicyclic) bond motifs is 1. The van der Waals surface area contributed by atoms with Crippen LogP contribution >= 0.6 is 0 Å². The summed E-state index contributed by atoms with van der Waals surface area (Å²) in [6.45, 7) is 4.67. The molecule has 2 aromatic heterocycles. The molecule has 26 heavy (non-hydrogen) atoms. The van der Waals surface area contributed by atoms with Crippen LogP contribution in [0.1, 0.15) is 27.4 Å². The summed E-state index contributed by atoms with van der Waals surface area (Å²) in [5.41, 5.74) is 0.953. The summed E-state index contributed by atoms with van der Waals surface area (Å²) in [7, 11) is 1.63. The minimum atomic E-state index is -1.01. The van der Waals surface area contributed by atoms with Crippen molar-refractivity contribution in [3.63, 3.8) is 0 Å². The normalized spacial score (nSPS) is 14.2. The third-order valence-corrected chi connectivity index (χ3v) is 4.13. The molecule has 2 aromatic rings. The number of ether oxygens (including phenoxy) is 1. The van der Waals surface area contributed by atoms with Gasteiger partial charge in [-0.05, 0) is 32.4 Å². The molecule has 1 aliphatic heterocycles. The number of nitrogens with one attached hydrogen (secondary N) is 1. The lowest BCUT2D eigenvalue weighted by Gasteiger charge is -2.28. The van der Waals surface area contributed by atoms with E-state index in [1.165, 1.54) is 0 Å². The monoisotopic (exact) mass is 359 g/mol. The van der Waals surface area contributed by atoms with Gasteiger partial charge >= 0.3 is 0 Å². The lowest BCUT2D eigenvalue weighted by Crippen LogP contribution is -2.41. The molecule has 0 spiro atoms. The Morgan fingerprint density at radius 1 is 1.35 bits per heavy atom. The number of aliphatic hydroxyl groups is 1. The number of rotatable bonds is 6. The van der Waals surface area contributed by atoms with Crippen LogP contribution in [0.2, 0.25) is 0 Å². The number of carbonyl (C=O) groups is 1. The Morgan fingerprint density at radius 2 is 2.15 bits per heavy atom. The van der Waals surface area contributed by atoms with E-state index in [1.54, 1.807) is 44.3 Å². The van der Waals surface area contributed by atoms with Gasteiger partial charge in [0, 0.05) is 33.4 Å². The van der Waals surface area contributed by atoms with Crippen molar-refractivity contribution in [2.45, 2.75) is 25.9 Å². The van der Waals surface area contributed by atoms with Gasteiger partial charge in [0.15, 0.2) is 11.6 Å². The number of methoxy groups -OCH3 is 1. The van der Waals surface area contributed by atoms with Crippen molar-refractivity contribution in [3.05, 3.63) is 30.2 Å². The van der Waals surface area contributed by atoms with Crippen LogP contribution in [0.5, 0.6) is 0 Å². The fourth-order valence-corrected chi connectivity index (χ4v) is 2.71. The highest BCUT2D eigenvalue weighted by Crippen LogP contribution is 2.29. The van der Waals surface area contributed by atoms with Gasteiger partial charge in [-0.1, -0.05) is 0 Å². The Hall–Kier alpha value is -2.58. The minimum Gasteiger partial charge on any atom is -0.385 e. The number of anilines is 2. The SMILES string of the molecule is COCCCN1C(=O)CNc2ncc(-c3ccc(C(C)(C)O)nc3)nc21.[HH]. The molecule has 3 rings (SSSR count). The standard InChI is InChI=1S/C18H23N5O3.H2/c1-18(2,25)14-6-5-12(9-19-14)13-10-20-16-17(22-13)23(7-4-8-26-3)15(24)11-21-16;/h5-6,9-10,25H,4,7-8,11H2,1-3H3,(H,20,21);1H. The van der Waals surface area contributed by atoms with Crippen LogP contribution in [0.3, 0.4) is 0 Å². The molecule has 0 radical (unpaired) electrons. The zero-order valence-corrected chi connectivity index (χ0v) is 15.2. The van der Waals surface area contributed by atoms with Crippen LogP contribution in [0.25, 0.3) is 11.3 Å². The summed E-state index contributed by atoms with van der Waals surface area (Å²) in [6, 6.07) is 3.60. The summed E-state index contributed by atoms with van der Waals surface area (Å²) in [4.78, 5) is 27.2. The first kappa shape index (κ1) is 18.2. The van der Waals surface area contributed by atoms with Crippen molar-refractivity contribution in [1.82, 2.24) is 15.0 Å². The fraction of sp³-hybridized carbons (Fsp3) is 0.444. The summed E-state index contributed by atoms with van der Waals surface area (Å²) < 4.78 is 5.07. The van der Waals surface area contributed by atoms with E-state index in [0.717, 1.165) is 12.0 Å². The van der Waals surface area contributed by atoms with Crippen molar-refractivity contribution >= 4 is 17.5 Å². The molecule has 140 valence electrons. The summed E-state index contributed by atoms with van der Waals surface area (Å²) in [5.74, 6) is 1.06. The number of amides is 1. The number of hydrogen-bond donors (Lipinski definition) is 2. The van der Waals surface area contributed by atoms with Crippen LogP contribution in [-0.2, 0) is 15.1 Å². The zero-order valence-electron chi connectivity index (χ0n) is 15.2. The summed E-state index contributed by atoms with van der Waals surface area (Å²) in [5, 5.41) is 13.0. The van der Waals surface area contributed by atoms with Gasteiger partial charge in [0.2, 0.25) is 5.91 Å². The van der Waals surface area contributed by atoms with Gasteiger partial charge in [-0.2, -0.15) is 0 Å². The molecule has 0 unspecified atom stereocenters. The molecule has 0 saturated carbocycles. The number of nitrogens with zero attached hydrogens (tertiary/aromatic N) is 4. The Morgan fingerprint density at radius 3 is 2.81 bits per heavy atom. The van der Waals surface area contributed by atoms with Crippen molar-refractivity contribution in [2.24, 2.45) is 0 Å². The van der Waals surface area contributed by atoms with Crippen LogP contribution in [0.4, 0.5) is 11.6 Å². The average molecular weight is 359 g/mol. The fourth-order valence-electron chi connectivity index (χ4n) is 2.71. The van der Waals surface area contributed by atoms with E-state index in [4.69, 9.17) is 4.74 Å². The smallest absolute Gasteiger partial charge is 0.247 e. The minimum absolute atomic E-state index is 0. The molecule has 0 aromatic carbocycles. The Labute approximate surface area is 153 Å². The predicted molar refractivity (Wildman–Crippen MR) is 100.0 cm³/mol. The van der Waals surface area contributed by atoms with E-state index in [-0.39, 0.29) is 13.9 Å². The molecule has 0 saturated heterocycles. The number of carbonyl (C=O) groups excluding carboxylic acids is 1. The van der Waals surface area contributed by atoms with E-state index in [9.17, 15) is 9.90 Å². The average Bonchev–Trinajstić information content (AvgIpc) is 2.62. The highest BCUT2D eigenvalue weighted by molar-refractivity contribution is 6.00. The predicted octanol–water partition coefficient (Wildman–Crippen LogP) is 1.81. The van der Waals surface area contributed by atoms with Crippen LogP contribution in [-0.4, -0.2) is 52.8 Å². The van der Waals surface area contributed by atoms with Gasteiger partial charge in [0.1, 0.15) is 5.60 Å². The van der Waals surface area contributed by atoms with Gasteiger partial charge in [-0.15, -0.1) is 0 Å². The topological polar surface area (TPSA) is 100 Å². The van der Waals surface area contributed by atoms with Crippen LogP contribution < -0.4 is 10.2 Å². The van der Waals surface area contributed by atoms with E-state index >= 15 is 0 Å². The van der Waals surface area contributed by atoms with Gasteiger partial charge in [-0.3, -0.25) is 14.7 Å². The highest BCUT2D eigenvalue weighted by Gasteiger charge is 2.26. The van der Waals surface area contributed by atoms with Crippen LogP contribution in [0.15, 0.2) is 24.5 Å². The Bertz CT molecular complexity index is 793. The maximum absolute atomic E-state index is 12.3. The molecule has 2 N–H and O–H groups in total. The summed E-state index contributed by atoms with van der Waals surface area (Å²) >= 11 is 0. The lowest BCUT2D eigenvalue weighted by atomic mass is 10.0. The van der Waals surface area contributed by atoms with Gasteiger partial charge in [-0.25, -0.2) is 9.97 Å². The molecular formula is C18H25N5O3. The first-order valence-electron chi connectivity index (χ1n) is 8.49. The first-order valence-corrected chi connectivity index (χ1v) is 8.49. The van der Waals surface area contributed by atoms with Gasteiger partial charge in [0.05, 0.1) is 24.1 Å². The van der Waals surface area contributed by atoms with Crippen molar-refractivity contribution in [2.75, 3.05) is 37.0 Å². The molecule has 0 atom stereocenters. The van der Waals surface area contributed by atoms with E-state index in [1.807, 2.05) is 6.07 Å². The van der Waals surface area contributed by atoms with Crippen LogP contribution in [0, 0.1) is 0 Å². The summed E-state index contributed by atoms with van der Waals surface area (Å²) in [6.07, 6.45) is 4.02. The number of hydrogen-bond acceptors (Lipinski definition) is 7. The molecule has 0 aliphatic carbocycles. The van der Waals surface area contributed by atoms with Gasteiger partial charge in [0.25, 0.3) is 0 Å². The molecule has 8 heteroatoms. The molecule has 0 fully saturated rings. The molecule has 0 bridgehead atoms. The van der Waals surface area contributed by atoms with E-state index in [2.05, 4.69) is 20.3 Å². The second-order valence-electron chi connectivity index (χ2n) is 6.66. The van der Waals surface area contributed by atoms with Crippen molar-refractivity contribution in [1.29, 1.82) is 0 Å². The van der Waals surface area contributed by atoms with Crippen molar-refractivity contribution < 1.29 is 16.1 Å². The molecule has 1 amide bonds. The lowest BCUT2D eigenvalue weighted by molar-refractivity contribution is -0.117. The second kappa shape index (κ2) is 7.35. The third kappa shape index (κ3) is 3.81. The third-order valence-electron chi connectivity index (χ3n) is 4.13. The Kier molecular flexibility index (Phi) is 5.15. The molecule has 8 nitrogen and oxygen atoms in total. The number of aromatic nitrogens is 3. The molecule has 1 aliphatic rings. The maximum Gasteiger partial charge on any atom is 0.247 e. The van der Waals surface area contributed by atoms with Gasteiger partial charge < -0.3 is 15.2 Å².